The second-order valence-electron chi connectivity index (χ2n) is 14.5. The third kappa shape index (κ3) is 6.30. The molecular formula is C52H32Li2N4O2+2. The largest absolute Gasteiger partial charge is 1.00 e. The van der Waals surface area contributed by atoms with Crippen molar-refractivity contribution in [2.24, 2.45) is 0 Å². The number of rotatable bonds is 5. The molecule has 3 aromatic heterocycles. The third-order valence-electron chi connectivity index (χ3n) is 11.3. The van der Waals surface area contributed by atoms with E-state index in [0.717, 1.165) is 82.3 Å². The summed E-state index contributed by atoms with van der Waals surface area (Å²) in [6.07, 6.45) is 3.57. The maximum atomic E-state index is 14.6. The van der Waals surface area contributed by atoms with E-state index in [1.165, 1.54) is 0 Å². The molecule has 8 heteroatoms. The van der Waals surface area contributed by atoms with Gasteiger partial charge in [-0.2, -0.15) is 0 Å². The molecule has 272 valence electrons. The number of fused-ring (bicyclic) bond motifs is 6. The Bertz CT molecular complexity index is 3380. The molecule has 0 aliphatic heterocycles. The molecule has 0 atom stereocenters. The molecule has 0 amide bonds. The molecule has 11 rings (SSSR count). The normalized spacial score (nSPS) is 11.2. The van der Waals surface area contributed by atoms with Crippen molar-refractivity contribution in [3.8, 4) is 67.7 Å². The molecule has 6 nitrogen and oxygen atoms in total. The van der Waals surface area contributed by atoms with Gasteiger partial charge in [-0.3, -0.25) is 0 Å². The molecule has 11 aromatic rings. The van der Waals surface area contributed by atoms with E-state index < -0.39 is 0 Å². The number of benzene rings is 8. The summed E-state index contributed by atoms with van der Waals surface area (Å²) in [7, 11) is 0. The van der Waals surface area contributed by atoms with Crippen LogP contribution in [0.3, 0.4) is 0 Å². The van der Waals surface area contributed by atoms with Crippen LogP contribution >= 0.6 is 0 Å². The van der Waals surface area contributed by atoms with Crippen molar-refractivity contribution in [1.29, 1.82) is 0 Å². The van der Waals surface area contributed by atoms with Gasteiger partial charge in [0.2, 0.25) is 11.0 Å². The number of H-pyrrole nitrogens is 2. The molecule has 0 unspecified atom stereocenters. The zero-order valence-electron chi connectivity index (χ0n) is 33.0. The van der Waals surface area contributed by atoms with Gasteiger partial charge >= 0.3 is 37.7 Å². The first-order valence-electron chi connectivity index (χ1n) is 19.2. The molecule has 8 aromatic carbocycles. The Kier molecular flexibility index (Phi) is 10.2. The average molecular weight is 759 g/mol. The maximum absolute atomic E-state index is 14.6. The third-order valence-corrected chi connectivity index (χ3v) is 11.3. The minimum atomic E-state index is -0.0957. The van der Waals surface area contributed by atoms with Gasteiger partial charge in [-0.15, -0.1) is 0 Å². The Balaban J connectivity index is 0.00000231. The number of nitrogens with zero attached hydrogens (tertiary/aromatic N) is 2. The van der Waals surface area contributed by atoms with Crippen LogP contribution in [-0.4, -0.2) is 9.97 Å². The summed E-state index contributed by atoms with van der Waals surface area (Å²) in [5, 5.41) is 36.1. The van der Waals surface area contributed by atoms with Crippen molar-refractivity contribution < 1.29 is 57.9 Å². The van der Waals surface area contributed by atoms with E-state index in [1.807, 2.05) is 109 Å². The van der Waals surface area contributed by atoms with Crippen LogP contribution in [-0.2, 0) is 0 Å². The van der Waals surface area contributed by atoms with Crippen LogP contribution in [0.25, 0.3) is 110 Å². The summed E-state index contributed by atoms with van der Waals surface area (Å²) in [6, 6.07) is 56.4. The minimum Gasteiger partial charge on any atom is -0.868 e. The van der Waals surface area contributed by atoms with Crippen molar-refractivity contribution in [1.82, 2.24) is 9.97 Å². The van der Waals surface area contributed by atoms with Crippen LogP contribution < -0.4 is 57.9 Å². The number of aromatic amines is 2. The number of nitrogens with one attached hydrogen (secondary N) is 2. The van der Waals surface area contributed by atoms with Crippen LogP contribution in [0.5, 0.6) is 11.5 Å². The average Bonchev–Trinajstić information content (AvgIpc) is 3.29. The first-order chi connectivity index (χ1) is 28.6. The summed E-state index contributed by atoms with van der Waals surface area (Å²) in [5.41, 5.74) is 8.33. The molecule has 0 saturated carbocycles. The van der Waals surface area contributed by atoms with E-state index in [4.69, 9.17) is 9.97 Å². The Morgan fingerprint density at radius 2 is 0.883 bits per heavy atom. The second-order valence-corrected chi connectivity index (χ2v) is 14.5. The molecule has 0 aliphatic rings. The number of hydrogen-bond donors (Lipinski definition) is 0. The number of aromatic nitrogens is 4. The predicted molar refractivity (Wildman–Crippen MR) is 229 cm³/mol. The monoisotopic (exact) mass is 758 g/mol. The Morgan fingerprint density at radius 3 is 1.47 bits per heavy atom. The van der Waals surface area contributed by atoms with E-state index in [0.29, 0.717) is 28.0 Å². The van der Waals surface area contributed by atoms with E-state index in [9.17, 15) is 10.2 Å². The molecule has 0 fully saturated rings. The topological polar surface area (TPSA) is 100 Å². The quantitative estimate of drug-likeness (QED) is 0.148. The molecular weight excluding hydrogens is 726 g/mol. The van der Waals surface area contributed by atoms with Gasteiger partial charge in [0, 0.05) is 39.6 Å². The Labute approximate surface area is 369 Å². The van der Waals surface area contributed by atoms with Gasteiger partial charge in [-0.1, -0.05) is 127 Å². The standard InChI is InChI=1S/C52H32N4O2.2Li/c57-50-41(24-22-33-16-10-28-53-48(33)50)45-37-18-7-8-19-38(37)47(42-25-23-34-17-11-29-54-49(34)51(42)58)46-36-20-9-21-39(35(36)26-27-40(45)46)52-55-43(31-12-3-1-4-13-31)30-44(56-52)32-14-5-2-6-15-32;;/h1-30,57-58H;;/q;2*+1. The first kappa shape index (κ1) is 38.7. The van der Waals surface area contributed by atoms with Crippen molar-refractivity contribution in [2.75, 3.05) is 0 Å². The summed E-state index contributed by atoms with van der Waals surface area (Å²) >= 11 is 0. The second kappa shape index (κ2) is 15.8. The number of hydrogen-bond acceptors (Lipinski definition) is 4. The molecule has 0 saturated heterocycles. The van der Waals surface area contributed by atoms with Gasteiger partial charge in [0.25, 0.3) is 0 Å². The molecule has 0 aliphatic carbocycles. The van der Waals surface area contributed by atoms with Gasteiger partial charge in [-0.05, 0) is 96.4 Å². The molecule has 0 spiro atoms. The zero-order valence-corrected chi connectivity index (χ0v) is 33.0. The van der Waals surface area contributed by atoms with Crippen LogP contribution in [0.4, 0.5) is 0 Å². The molecule has 3 heterocycles. The zero-order chi connectivity index (χ0) is 38.7. The Hall–Kier alpha value is -6.77. The SMILES string of the molecule is [Li+].[Li+].[O-]c1c(-c2c3ccccc3c(-c3ccc4ccc[nH+]c4c3[O-])c3c2ccc2c(-c4nc(-c5ccccc5)cc(-c5ccccc5)n4)cccc23)ccc2ccc[nH+]c12. The van der Waals surface area contributed by atoms with Crippen molar-refractivity contribution in [3.63, 3.8) is 0 Å². The first-order valence-corrected chi connectivity index (χ1v) is 19.2. The van der Waals surface area contributed by atoms with Crippen molar-refractivity contribution >= 4 is 54.1 Å². The molecule has 0 bridgehead atoms. The van der Waals surface area contributed by atoms with Crippen molar-refractivity contribution in [3.05, 3.63) is 182 Å². The van der Waals surface area contributed by atoms with Gasteiger partial charge in [0.15, 0.2) is 18.2 Å². The number of pyridine rings is 2. The van der Waals surface area contributed by atoms with Crippen LogP contribution in [0.1, 0.15) is 0 Å². The molecule has 0 radical (unpaired) electrons. The van der Waals surface area contributed by atoms with E-state index in [-0.39, 0.29) is 49.2 Å². The fourth-order valence-corrected chi connectivity index (χ4v) is 8.61. The fraction of sp³-hybridized carbons (Fsp3) is 0. The van der Waals surface area contributed by atoms with Gasteiger partial charge in [0.1, 0.15) is 0 Å². The summed E-state index contributed by atoms with van der Waals surface area (Å²) in [6.45, 7) is 0. The summed E-state index contributed by atoms with van der Waals surface area (Å²) < 4.78 is 0. The predicted octanol–water partition coefficient (Wildman–Crippen LogP) is 4.36. The van der Waals surface area contributed by atoms with Gasteiger partial charge in [0.05, 0.1) is 11.4 Å². The van der Waals surface area contributed by atoms with Crippen LogP contribution in [0, 0.1) is 0 Å². The van der Waals surface area contributed by atoms with E-state index in [2.05, 4.69) is 70.6 Å². The minimum absolute atomic E-state index is 0. The van der Waals surface area contributed by atoms with Crippen molar-refractivity contribution in [2.45, 2.75) is 0 Å². The van der Waals surface area contributed by atoms with Crippen LogP contribution in [0.2, 0.25) is 0 Å². The van der Waals surface area contributed by atoms with Crippen LogP contribution in [0.15, 0.2) is 182 Å². The Morgan fingerprint density at radius 1 is 0.383 bits per heavy atom. The van der Waals surface area contributed by atoms with E-state index >= 15 is 0 Å². The maximum Gasteiger partial charge on any atom is 1.00 e. The molecule has 60 heavy (non-hydrogen) atoms. The van der Waals surface area contributed by atoms with E-state index in [1.54, 1.807) is 12.4 Å². The smallest absolute Gasteiger partial charge is 0.868 e. The van der Waals surface area contributed by atoms with Gasteiger partial charge in [-0.25, -0.2) is 19.9 Å². The summed E-state index contributed by atoms with van der Waals surface area (Å²) in [4.78, 5) is 16.8. The van der Waals surface area contributed by atoms with Gasteiger partial charge < -0.3 is 10.2 Å². The molecule has 2 N–H and O–H groups in total. The summed E-state index contributed by atoms with van der Waals surface area (Å²) in [5.74, 6) is 0.404. The fourth-order valence-electron chi connectivity index (χ4n) is 8.61.